The summed E-state index contributed by atoms with van der Waals surface area (Å²) in [5.74, 6) is 0. The van der Waals surface area contributed by atoms with Crippen molar-refractivity contribution in [3.05, 3.63) is 516 Å². The molecule has 0 bridgehead atoms. The minimum Gasteiger partial charge on any atom is -0.657 e. The minimum absolute atomic E-state index is 0. The minimum atomic E-state index is -0.877. The van der Waals surface area contributed by atoms with Crippen LogP contribution in [0.2, 0.25) is 0 Å². The van der Waals surface area contributed by atoms with Crippen LogP contribution in [0.15, 0.2) is 467 Å². The fraction of sp³-hybridized carbons (Fsp3) is 0. The third-order valence-electron chi connectivity index (χ3n) is 18.4. The molecule has 5 heterocycles. The second kappa shape index (κ2) is 51.0. The van der Waals surface area contributed by atoms with Crippen molar-refractivity contribution in [1.82, 2.24) is 24.9 Å². The van der Waals surface area contributed by atoms with Gasteiger partial charge in [0.1, 0.15) is 0 Å². The topological polar surface area (TPSA) is 65.7 Å². The Hall–Kier alpha value is -12.8. The smallest absolute Gasteiger partial charge is 0.657 e. The van der Waals surface area contributed by atoms with Crippen LogP contribution in [0.3, 0.4) is 0 Å². The predicted octanol–water partition coefficient (Wildman–Crippen LogP) is 23.2. The van der Waals surface area contributed by atoms with E-state index >= 15 is 0 Å². The van der Waals surface area contributed by atoms with Crippen molar-refractivity contribution in [2.75, 3.05) is 0 Å². The molecule has 3 radical (unpaired) electrons. The van der Waals surface area contributed by atoms with Crippen molar-refractivity contribution in [2.45, 2.75) is 0 Å². The molecule has 0 atom stereocenters. The van der Waals surface area contributed by atoms with Crippen LogP contribution in [-0.4, -0.2) is 36.0 Å². The SMILES string of the molecule is [B](c1ccccc1)c1ccccc1.[Cl][Ni].[Ni+2].[Ni+2].[Ni+3].[c-]1ccccc1-c1[c-]c(-c2ccccn2)ccc1.[c-]1ccccc1-c1[c-]c(-c2ccccn2)ccc1.[c-]1ccccc1-c1cccc(-c2[c-]cccc2)n1.[c-]1ccccc1-c1cccc(-c2[c-]cccc2)n1.c1ccc([Si](c2ccccc2)c2ccccc2)cc1.c1ccc2c(c1)[n-]c1ccccc12. The molecule has 0 N–H and O–H groups in total. The van der Waals surface area contributed by atoms with E-state index < -0.39 is 8.80 Å². The van der Waals surface area contributed by atoms with E-state index in [-0.39, 0.29) is 49.5 Å². The number of fused-ring (bicyclic) bond motifs is 3. The molecule has 0 fully saturated rings. The monoisotopic (exact) mass is 1770 g/mol. The van der Waals surface area contributed by atoms with Crippen LogP contribution < -0.4 is 31.5 Å². The van der Waals surface area contributed by atoms with Crippen LogP contribution in [0.25, 0.3) is 112 Å². The fourth-order valence-electron chi connectivity index (χ4n) is 12.7. The molecule has 0 saturated carbocycles. The van der Waals surface area contributed by atoms with Gasteiger partial charge in [-0.15, -0.1) is 202 Å². The molecule has 12 heteroatoms. The molecule has 0 amide bonds. The predicted molar refractivity (Wildman–Crippen MR) is 494 cm³/mol. The summed E-state index contributed by atoms with van der Waals surface area (Å²) in [7, 11) is 5.55. The van der Waals surface area contributed by atoms with Crippen molar-refractivity contribution in [3.63, 3.8) is 0 Å². The normalized spacial score (nSPS) is 9.93. The van der Waals surface area contributed by atoms with Gasteiger partial charge < -0.3 is 15.0 Å². The standard InChI is InChI=1S/C18H15Si.4C17H11N.C12H10B.C12H8N.ClH.4Ni/c1-4-10-16(11-5-1)19(17-12-6-2-7-13-17)18-14-8-3-9-15-18;2*1-3-8-14(9-4-1)16-12-7-13-17(18-16)15-10-5-2-6-11-15;2*1-2-7-14(8-3-1)15-9-6-10-16(13-15)17-11-4-5-12-18-17;1-3-7-11(8-4-1)13-12-9-5-2-6-10-12;1-3-7-11-9(5-1)10-6-2-4-8-12(10)13-11;;;;;/h1-15H;2*1-8,10,12-13H;2*1-7,9-12H;1-10H;1-8H;1H;;;;/q;4*-2;;-1;;+1;2*+2;+3/p-1. The summed E-state index contributed by atoms with van der Waals surface area (Å²) in [5.41, 5.74) is 20.5. The number of aromatic nitrogens is 5. The molecular weight excluding hydrogens is 1700 g/mol. The van der Waals surface area contributed by atoms with Gasteiger partial charge in [-0.25, -0.2) is 11.1 Å². The first-order chi connectivity index (χ1) is 59.1. The Morgan fingerprint density at radius 2 is 0.484 bits per heavy atom. The van der Waals surface area contributed by atoms with Gasteiger partial charge in [-0.1, -0.05) is 287 Å². The largest absolute Gasteiger partial charge is 3.00 e. The van der Waals surface area contributed by atoms with Gasteiger partial charge in [-0.05, 0) is 45.7 Å². The molecule has 0 unspecified atom stereocenters. The number of nitrogens with zero attached hydrogens (tertiary/aromatic N) is 5. The van der Waals surface area contributed by atoms with Crippen molar-refractivity contribution in [3.8, 4) is 89.8 Å². The molecule has 0 saturated heterocycles. The average molecular weight is 1780 g/mol. The van der Waals surface area contributed by atoms with Crippen molar-refractivity contribution < 1.29 is 64.0 Å². The van der Waals surface area contributed by atoms with Crippen molar-refractivity contribution in [2.24, 2.45) is 0 Å². The van der Waals surface area contributed by atoms with E-state index in [2.05, 4.69) is 281 Å². The summed E-state index contributed by atoms with van der Waals surface area (Å²) in [4.78, 5) is 22.5. The molecule has 5 aromatic heterocycles. The molecule has 598 valence electrons. The van der Waals surface area contributed by atoms with Crippen molar-refractivity contribution in [1.29, 1.82) is 0 Å². The van der Waals surface area contributed by atoms with Crippen LogP contribution in [0.4, 0.5) is 0 Å². The van der Waals surface area contributed by atoms with Crippen LogP contribution in [0.5, 0.6) is 0 Å². The second-order valence-electron chi connectivity index (χ2n) is 26.4. The Morgan fingerprint density at radius 3 is 0.779 bits per heavy atom. The molecule has 15 aromatic carbocycles. The first kappa shape index (κ1) is 91.5. The molecule has 5 nitrogen and oxygen atoms in total. The maximum atomic E-state index is 4.65. The van der Waals surface area contributed by atoms with Gasteiger partial charge in [0.25, 0.3) is 0 Å². The van der Waals surface area contributed by atoms with Crippen LogP contribution in [-0.2, 0) is 64.0 Å². The third kappa shape index (κ3) is 27.6. The number of benzene rings is 15. The van der Waals surface area contributed by atoms with Crippen LogP contribution >= 0.6 is 10.2 Å². The molecule has 20 aromatic rings. The van der Waals surface area contributed by atoms with Gasteiger partial charge in [0, 0.05) is 23.8 Å². The first-order valence-corrected chi connectivity index (χ1v) is 41.6. The van der Waals surface area contributed by atoms with E-state index in [4.69, 9.17) is 0 Å². The summed E-state index contributed by atoms with van der Waals surface area (Å²) in [6.07, 6.45) is 3.59. The number of pyridine rings is 4. The Bertz CT molecular complexity index is 5390. The molecule has 122 heavy (non-hydrogen) atoms. The number of hydrogen-bond donors (Lipinski definition) is 0. The number of hydrogen-bond acceptors (Lipinski definition) is 4. The summed E-state index contributed by atoms with van der Waals surface area (Å²) in [6.45, 7) is 0. The molecule has 0 aliphatic heterocycles. The van der Waals surface area contributed by atoms with Crippen LogP contribution in [0.1, 0.15) is 0 Å². The third-order valence-corrected chi connectivity index (χ3v) is 21.1. The molecular formula is C110H77BClN5Ni4Si-2. The van der Waals surface area contributed by atoms with Gasteiger partial charge in [-0.3, -0.25) is 9.97 Å². The average Bonchev–Trinajstić information content (AvgIpc) is 1.69. The van der Waals surface area contributed by atoms with Gasteiger partial charge in [-0.2, -0.15) is 83.9 Å². The number of halogens is 1. The molecule has 0 aliphatic carbocycles. The van der Waals surface area contributed by atoms with Gasteiger partial charge in [0.2, 0.25) is 0 Å². The zero-order chi connectivity index (χ0) is 81.4. The Labute approximate surface area is 762 Å². The van der Waals surface area contributed by atoms with E-state index in [1.165, 1.54) is 37.3 Å². The van der Waals surface area contributed by atoms with Gasteiger partial charge >= 0.3 is 74.2 Å². The number of para-hydroxylation sites is 2. The van der Waals surface area contributed by atoms with E-state index in [0.717, 1.165) is 101 Å². The van der Waals surface area contributed by atoms with Crippen molar-refractivity contribution >= 4 is 74.6 Å². The Balaban J connectivity index is 0.000000149. The Morgan fingerprint density at radius 1 is 0.238 bits per heavy atom. The van der Waals surface area contributed by atoms with E-state index in [9.17, 15) is 0 Å². The summed E-state index contributed by atoms with van der Waals surface area (Å²) in [5, 5.41) is 6.80. The van der Waals surface area contributed by atoms with E-state index in [0.29, 0.717) is 0 Å². The first-order valence-electron chi connectivity index (χ1n) is 38.7. The van der Waals surface area contributed by atoms with Gasteiger partial charge in [0.15, 0.2) is 16.1 Å². The summed E-state index contributed by atoms with van der Waals surface area (Å²) >= 11 is 3.35. The molecule has 0 spiro atoms. The molecule has 0 aliphatic rings. The summed E-state index contributed by atoms with van der Waals surface area (Å²) < 4.78 is 0. The second-order valence-corrected chi connectivity index (χ2v) is 28.9. The van der Waals surface area contributed by atoms with E-state index in [1.807, 2.05) is 279 Å². The van der Waals surface area contributed by atoms with E-state index in [1.54, 1.807) is 12.4 Å². The van der Waals surface area contributed by atoms with Gasteiger partial charge in [0.05, 0.1) is 0 Å². The van der Waals surface area contributed by atoms with Crippen LogP contribution in [0, 0.1) is 48.5 Å². The fourth-order valence-corrected chi connectivity index (χ4v) is 15.3. The summed E-state index contributed by atoms with van der Waals surface area (Å²) in [6, 6.07) is 179. The maximum Gasteiger partial charge on any atom is 3.00 e. The zero-order valence-electron chi connectivity index (χ0n) is 65.9. The maximum absolute atomic E-state index is 4.65. The number of rotatable bonds is 13. The Kier molecular flexibility index (Phi) is 38.3. The quantitative estimate of drug-likeness (QED) is 0.0654. The molecule has 20 rings (SSSR count). The zero-order valence-corrected chi connectivity index (χ0v) is 71.6.